The van der Waals surface area contributed by atoms with Gasteiger partial charge in [0.15, 0.2) is 0 Å². The average molecular weight is 176 g/mol. The van der Waals surface area contributed by atoms with Crippen LogP contribution in [-0.2, 0) is 16.5 Å². The van der Waals surface area contributed by atoms with Gasteiger partial charge in [-0.15, -0.1) is 0 Å². The van der Waals surface area contributed by atoms with Gasteiger partial charge in [0.25, 0.3) is 10.1 Å². The number of rotatable bonds is 3. The number of hydrogen-bond donors (Lipinski definition) is 1. The second kappa shape index (κ2) is 3.06. The molecule has 1 aromatic rings. The maximum absolute atomic E-state index is 10.2. The Balaban J connectivity index is 2.48. The van der Waals surface area contributed by atoms with Crippen molar-refractivity contribution in [1.82, 2.24) is 0 Å². The SMILES string of the molecule is O=S(=O)(O)CCc1ccco1. The molecule has 0 aromatic carbocycles. The van der Waals surface area contributed by atoms with E-state index in [1.807, 2.05) is 0 Å². The Hall–Kier alpha value is -0.810. The van der Waals surface area contributed by atoms with Crippen LogP contribution in [0.5, 0.6) is 0 Å². The maximum atomic E-state index is 10.2. The molecule has 0 bridgehead atoms. The number of hydrogen-bond acceptors (Lipinski definition) is 3. The summed E-state index contributed by atoms with van der Waals surface area (Å²) in [6.07, 6.45) is 1.67. The summed E-state index contributed by atoms with van der Waals surface area (Å²) < 4.78 is 33.7. The lowest BCUT2D eigenvalue weighted by Gasteiger charge is -1.92. The highest BCUT2D eigenvalue weighted by molar-refractivity contribution is 7.85. The summed E-state index contributed by atoms with van der Waals surface area (Å²) in [7, 11) is -3.86. The molecule has 0 spiro atoms. The fourth-order valence-electron chi connectivity index (χ4n) is 0.684. The van der Waals surface area contributed by atoms with Crippen molar-refractivity contribution in [2.75, 3.05) is 5.75 Å². The van der Waals surface area contributed by atoms with E-state index in [4.69, 9.17) is 8.97 Å². The smallest absolute Gasteiger partial charge is 0.265 e. The Kier molecular flexibility index (Phi) is 2.31. The van der Waals surface area contributed by atoms with Gasteiger partial charge in [0.1, 0.15) is 5.76 Å². The van der Waals surface area contributed by atoms with Crippen molar-refractivity contribution in [3.8, 4) is 0 Å². The van der Waals surface area contributed by atoms with Gasteiger partial charge in [-0.2, -0.15) is 8.42 Å². The summed E-state index contributed by atoms with van der Waals surface area (Å²) in [6.45, 7) is 0. The molecule has 0 unspecified atom stereocenters. The van der Waals surface area contributed by atoms with E-state index in [0.29, 0.717) is 5.76 Å². The summed E-state index contributed by atoms with van der Waals surface area (Å²) in [6, 6.07) is 3.32. The highest BCUT2D eigenvalue weighted by Crippen LogP contribution is 2.01. The van der Waals surface area contributed by atoms with E-state index in [1.165, 1.54) is 6.26 Å². The van der Waals surface area contributed by atoms with Gasteiger partial charge in [-0.3, -0.25) is 4.55 Å². The Bertz CT molecular complexity index is 297. The molecule has 0 aliphatic carbocycles. The highest BCUT2D eigenvalue weighted by atomic mass is 32.2. The molecule has 0 atom stereocenters. The minimum absolute atomic E-state index is 0.214. The molecule has 0 saturated carbocycles. The van der Waals surface area contributed by atoms with Gasteiger partial charge < -0.3 is 4.42 Å². The quantitative estimate of drug-likeness (QED) is 0.689. The van der Waals surface area contributed by atoms with E-state index >= 15 is 0 Å². The van der Waals surface area contributed by atoms with Gasteiger partial charge in [-0.05, 0) is 12.1 Å². The first-order chi connectivity index (χ1) is 5.08. The number of furan rings is 1. The van der Waals surface area contributed by atoms with E-state index in [2.05, 4.69) is 0 Å². The zero-order valence-corrected chi connectivity index (χ0v) is 6.54. The summed E-state index contributed by atoms with van der Waals surface area (Å²) in [5.41, 5.74) is 0. The molecule has 1 rings (SSSR count). The first-order valence-corrected chi connectivity index (χ1v) is 4.66. The molecule has 0 saturated heterocycles. The van der Waals surface area contributed by atoms with Crippen LogP contribution < -0.4 is 0 Å². The second-order valence-corrected chi connectivity index (χ2v) is 3.69. The molecule has 1 heterocycles. The third kappa shape index (κ3) is 3.20. The van der Waals surface area contributed by atoms with Crippen molar-refractivity contribution in [3.63, 3.8) is 0 Å². The minimum atomic E-state index is -3.86. The van der Waals surface area contributed by atoms with E-state index in [1.54, 1.807) is 12.1 Å². The molecule has 1 aromatic heterocycles. The summed E-state index contributed by atoms with van der Waals surface area (Å²) in [4.78, 5) is 0. The lowest BCUT2D eigenvalue weighted by molar-refractivity contribution is 0.474. The molecular weight excluding hydrogens is 168 g/mol. The summed E-state index contributed by atoms with van der Waals surface area (Å²) in [5.74, 6) is 0.267. The zero-order chi connectivity index (χ0) is 8.32. The van der Waals surface area contributed by atoms with Gasteiger partial charge >= 0.3 is 0 Å². The first kappa shape index (κ1) is 8.29. The molecular formula is C6H8O4S. The van der Waals surface area contributed by atoms with Crippen LogP contribution >= 0.6 is 0 Å². The molecule has 0 fully saturated rings. The van der Waals surface area contributed by atoms with E-state index in [9.17, 15) is 8.42 Å². The van der Waals surface area contributed by atoms with E-state index < -0.39 is 10.1 Å². The molecule has 5 heteroatoms. The van der Waals surface area contributed by atoms with Crippen molar-refractivity contribution >= 4 is 10.1 Å². The fourth-order valence-corrected chi connectivity index (χ4v) is 1.14. The maximum Gasteiger partial charge on any atom is 0.265 e. The Morgan fingerprint density at radius 3 is 2.73 bits per heavy atom. The monoisotopic (exact) mass is 176 g/mol. The molecule has 0 radical (unpaired) electrons. The molecule has 0 aliphatic heterocycles. The summed E-state index contributed by atoms with van der Waals surface area (Å²) >= 11 is 0. The Labute approximate surface area is 64.6 Å². The van der Waals surface area contributed by atoms with Gasteiger partial charge in [-0.25, -0.2) is 0 Å². The van der Waals surface area contributed by atoms with Crippen molar-refractivity contribution in [3.05, 3.63) is 24.2 Å². The van der Waals surface area contributed by atoms with Crippen molar-refractivity contribution in [2.45, 2.75) is 6.42 Å². The highest BCUT2D eigenvalue weighted by Gasteiger charge is 2.05. The van der Waals surface area contributed by atoms with Gasteiger partial charge in [-0.1, -0.05) is 0 Å². The zero-order valence-electron chi connectivity index (χ0n) is 5.73. The molecule has 0 aliphatic rings. The van der Waals surface area contributed by atoms with Crippen LogP contribution in [0, 0.1) is 0 Å². The topological polar surface area (TPSA) is 67.5 Å². The minimum Gasteiger partial charge on any atom is -0.469 e. The molecule has 1 N–H and O–H groups in total. The first-order valence-electron chi connectivity index (χ1n) is 3.05. The van der Waals surface area contributed by atoms with Crippen molar-refractivity contribution < 1.29 is 17.4 Å². The lowest BCUT2D eigenvalue weighted by atomic mass is 10.4. The average Bonchev–Trinajstić information content (AvgIpc) is 2.32. The van der Waals surface area contributed by atoms with Gasteiger partial charge in [0.2, 0.25) is 0 Å². The van der Waals surface area contributed by atoms with Crippen LogP contribution in [-0.4, -0.2) is 18.7 Å². The lowest BCUT2D eigenvalue weighted by Crippen LogP contribution is -2.05. The van der Waals surface area contributed by atoms with Crippen molar-refractivity contribution in [1.29, 1.82) is 0 Å². The van der Waals surface area contributed by atoms with E-state index in [-0.39, 0.29) is 12.2 Å². The molecule has 4 nitrogen and oxygen atoms in total. The van der Waals surface area contributed by atoms with Gasteiger partial charge in [0, 0.05) is 6.42 Å². The third-order valence-electron chi connectivity index (χ3n) is 1.19. The number of aryl methyl sites for hydroxylation is 1. The van der Waals surface area contributed by atoms with Crippen LogP contribution in [0.15, 0.2) is 22.8 Å². The largest absolute Gasteiger partial charge is 0.469 e. The molecule has 11 heavy (non-hydrogen) atoms. The van der Waals surface area contributed by atoms with Crippen LogP contribution in [0.25, 0.3) is 0 Å². The Morgan fingerprint density at radius 2 is 2.27 bits per heavy atom. The van der Waals surface area contributed by atoms with Crippen molar-refractivity contribution in [2.24, 2.45) is 0 Å². The van der Waals surface area contributed by atoms with E-state index in [0.717, 1.165) is 0 Å². The standard InChI is InChI=1S/C6H8O4S/c7-11(8,9)5-3-6-2-1-4-10-6/h1-2,4H,3,5H2,(H,7,8,9). The molecule has 0 amide bonds. The Morgan fingerprint density at radius 1 is 1.55 bits per heavy atom. The van der Waals surface area contributed by atoms with Crippen LogP contribution in [0.3, 0.4) is 0 Å². The molecule has 62 valence electrons. The van der Waals surface area contributed by atoms with Gasteiger partial charge in [0.05, 0.1) is 12.0 Å². The third-order valence-corrected chi connectivity index (χ3v) is 1.91. The van der Waals surface area contributed by atoms with Crippen LogP contribution in [0.2, 0.25) is 0 Å². The summed E-state index contributed by atoms with van der Waals surface area (Å²) in [5, 5.41) is 0. The van der Waals surface area contributed by atoms with Crippen LogP contribution in [0.4, 0.5) is 0 Å². The predicted molar refractivity (Wildman–Crippen MR) is 38.8 cm³/mol. The predicted octanol–water partition coefficient (Wildman–Crippen LogP) is 0.710. The second-order valence-electron chi connectivity index (χ2n) is 2.12. The van der Waals surface area contributed by atoms with Crippen LogP contribution in [0.1, 0.15) is 5.76 Å². The fraction of sp³-hybridized carbons (Fsp3) is 0.333. The normalized spacial score (nSPS) is 11.7.